The maximum atomic E-state index is 5.73. The van der Waals surface area contributed by atoms with E-state index in [1.807, 2.05) is 13.2 Å². The Morgan fingerprint density at radius 1 is 1.47 bits per heavy atom. The highest BCUT2D eigenvalue weighted by atomic mass is 15.3. The van der Waals surface area contributed by atoms with E-state index in [0.717, 1.165) is 35.1 Å². The number of aromatic nitrogens is 3. The molecule has 2 aromatic rings. The topological polar surface area (TPSA) is 56.7 Å². The van der Waals surface area contributed by atoms with Crippen molar-refractivity contribution in [1.82, 2.24) is 14.8 Å². The van der Waals surface area contributed by atoms with Gasteiger partial charge in [0.2, 0.25) is 0 Å². The van der Waals surface area contributed by atoms with Gasteiger partial charge in [-0.05, 0) is 18.1 Å². The van der Waals surface area contributed by atoms with Crippen molar-refractivity contribution in [3.63, 3.8) is 0 Å². The molecule has 0 fully saturated rings. The first-order valence-electron chi connectivity index (χ1n) is 5.26. The minimum absolute atomic E-state index is 0.543. The second-order valence-corrected chi connectivity index (χ2v) is 3.73. The van der Waals surface area contributed by atoms with E-state index in [2.05, 4.69) is 23.1 Å². The highest BCUT2D eigenvalue weighted by Gasteiger charge is 2.07. The minimum atomic E-state index is 0.543. The number of aryl methyl sites for hydroxylation is 2. The number of fused-ring (bicyclic) bond motifs is 1. The van der Waals surface area contributed by atoms with Gasteiger partial charge in [-0.2, -0.15) is 5.10 Å². The maximum Gasteiger partial charge on any atom is 0.158 e. The van der Waals surface area contributed by atoms with E-state index in [0.29, 0.717) is 6.54 Å². The van der Waals surface area contributed by atoms with Crippen LogP contribution in [0.5, 0.6) is 0 Å². The van der Waals surface area contributed by atoms with Crippen LogP contribution in [-0.4, -0.2) is 14.8 Å². The van der Waals surface area contributed by atoms with E-state index in [4.69, 9.17) is 5.73 Å². The molecule has 80 valence electrons. The Bertz CT molecular complexity index is 473. The monoisotopic (exact) mass is 204 g/mol. The van der Waals surface area contributed by atoms with Crippen LogP contribution in [0.25, 0.3) is 11.0 Å². The lowest BCUT2D eigenvalue weighted by atomic mass is 10.1. The summed E-state index contributed by atoms with van der Waals surface area (Å²) >= 11 is 0. The van der Waals surface area contributed by atoms with Crippen LogP contribution in [0.4, 0.5) is 0 Å². The van der Waals surface area contributed by atoms with Crippen LogP contribution in [0.1, 0.15) is 24.6 Å². The van der Waals surface area contributed by atoms with E-state index < -0.39 is 0 Å². The van der Waals surface area contributed by atoms with Crippen molar-refractivity contribution in [2.75, 3.05) is 0 Å². The third-order valence-electron chi connectivity index (χ3n) is 2.57. The van der Waals surface area contributed by atoms with Gasteiger partial charge >= 0.3 is 0 Å². The van der Waals surface area contributed by atoms with Gasteiger partial charge in [-0.1, -0.05) is 13.3 Å². The van der Waals surface area contributed by atoms with Crippen LogP contribution in [-0.2, 0) is 20.0 Å². The summed E-state index contributed by atoms with van der Waals surface area (Å²) in [5.41, 5.74) is 8.90. The van der Waals surface area contributed by atoms with Crippen molar-refractivity contribution in [3.8, 4) is 0 Å². The van der Waals surface area contributed by atoms with Gasteiger partial charge in [0, 0.05) is 24.7 Å². The van der Waals surface area contributed by atoms with Gasteiger partial charge in [0.25, 0.3) is 0 Å². The molecule has 0 aliphatic carbocycles. The van der Waals surface area contributed by atoms with E-state index in [9.17, 15) is 0 Å². The van der Waals surface area contributed by atoms with Gasteiger partial charge in [0.05, 0.1) is 6.20 Å². The molecule has 0 atom stereocenters. The summed E-state index contributed by atoms with van der Waals surface area (Å²) in [6.45, 7) is 2.69. The molecule has 0 bridgehead atoms. The van der Waals surface area contributed by atoms with Crippen LogP contribution < -0.4 is 5.73 Å². The number of nitrogens with zero attached hydrogens (tertiary/aromatic N) is 3. The van der Waals surface area contributed by atoms with Crippen LogP contribution in [0.2, 0.25) is 0 Å². The first kappa shape index (κ1) is 10.1. The second-order valence-electron chi connectivity index (χ2n) is 3.73. The molecule has 0 saturated carbocycles. The van der Waals surface area contributed by atoms with Crippen molar-refractivity contribution < 1.29 is 0 Å². The summed E-state index contributed by atoms with van der Waals surface area (Å²) in [6, 6.07) is 2.09. The predicted octanol–water partition coefficient (Wildman–Crippen LogP) is 1.38. The third kappa shape index (κ3) is 1.72. The highest BCUT2D eigenvalue weighted by molar-refractivity contribution is 5.78. The Morgan fingerprint density at radius 2 is 2.27 bits per heavy atom. The number of hydrogen-bond donors (Lipinski definition) is 1. The lowest BCUT2D eigenvalue weighted by Gasteiger charge is -2.04. The zero-order chi connectivity index (χ0) is 10.8. The van der Waals surface area contributed by atoms with Gasteiger partial charge in [-0.15, -0.1) is 0 Å². The van der Waals surface area contributed by atoms with E-state index in [-0.39, 0.29) is 0 Å². The Balaban J connectivity index is 2.62. The Kier molecular flexibility index (Phi) is 2.68. The molecular weight excluding hydrogens is 188 g/mol. The average molecular weight is 204 g/mol. The van der Waals surface area contributed by atoms with Crippen LogP contribution in [0.15, 0.2) is 12.3 Å². The molecule has 15 heavy (non-hydrogen) atoms. The fourth-order valence-electron chi connectivity index (χ4n) is 1.79. The molecule has 0 spiro atoms. The van der Waals surface area contributed by atoms with Crippen LogP contribution in [0, 0.1) is 0 Å². The smallest absolute Gasteiger partial charge is 0.158 e. The highest BCUT2D eigenvalue weighted by Crippen LogP contribution is 2.17. The first-order chi connectivity index (χ1) is 7.26. The molecule has 4 nitrogen and oxygen atoms in total. The maximum absolute atomic E-state index is 5.73. The molecule has 0 amide bonds. The summed E-state index contributed by atoms with van der Waals surface area (Å²) in [5, 5.41) is 5.27. The molecule has 2 aromatic heterocycles. The number of hydrogen-bond acceptors (Lipinski definition) is 3. The fraction of sp³-hybridized carbons (Fsp3) is 0.455. The number of pyridine rings is 1. The van der Waals surface area contributed by atoms with Crippen LogP contribution >= 0.6 is 0 Å². The Labute approximate surface area is 89.1 Å². The van der Waals surface area contributed by atoms with Crippen LogP contribution in [0.3, 0.4) is 0 Å². The molecule has 2 heterocycles. The van der Waals surface area contributed by atoms with Gasteiger partial charge in [-0.3, -0.25) is 4.68 Å². The summed E-state index contributed by atoms with van der Waals surface area (Å²) < 4.78 is 1.80. The van der Waals surface area contributed by atoms with Crippen molar-refractivity contribution in [3.05, 3.63) is 23.5 Å². The van der Waals surface area contributed by atoms with Gasteiger partial charge in [-0.25, -0.2) is 4.98 Å². The quantitative estimate of drug-likeness (QED) is 0.821. The predicted molar refractivity (Wildman–Crippen MR) is 60.4 cm³/mol. The lowest BCUT2D eigenvalue weighted by Crippen LogP contribution is -2.02. The molecule has 0 unspecified atom stereocenters. The summed E-state index contributed by atoms with van der Waals surface area (Å²) in [4.78, 5) is 4.58. The number of rotatable bonds is 3. The summed E-state index contributed by atoms with van der Waals surface area (Å²) in [6.07, 6.45) is 3.93. The molecule has 2 rings (SSSR count). The zero-order valence-electron chi connectivity index (χ0n) is 9.20. The molecule has 0 aliphatic heterocycles. The Hall–Kier alpha value is -1.42. The SMILES string of the molecule is CCCc1cc(CN)c2cnn(C)c2n1. The third-order valence-corrected chi connectivity index (χ3v) is 2.57. The largest absolute Gasteiger partial charge is 0.326 e. The molecule has 4 heteroatoms. The standard InChI is InChI=1S/C11H16N4/c1-3-4-9-5-8(6-12)10-7-13-15(2)11(10)14-9/h5,7H,3-4,6,12H2,1-2H3. The molecule has 0 aliphatic rings. The van der Waals surface area contributed by atoms with Crippen molar-refractivity contribution in [1.29, 1.82) is 0 Å². The summed E-state index contributed by atoms with van der Waals surface area (Å²) in [7, 11) is 1.91. The molecule has 0 radical (unpaired) electrons. The molecule has 2 N–H and O–H groups in total. The van der Waals surface area contributed by atoms with Crippen molar-refractivity contribution >= 4 is 11.0 Å². The minimum Gasteiger partial charge on any atom is -0.326 e. The molecule has 0 aromatic carbocycles. The van der Waals surface area contributed by atoms with Crippen molar-refractivity contribution in [2.24, 2.45) is 12.8 Å². The van der Waals surface area contributed by atoms with E-state index in [1.54, 1.807) is 4.68 Å². The van der Waals surface area contributed by atoms with E-state index in [1.165, 1.54) is 0 Å². The van der Waals surface area contributed by atoms with Gasteiger partial charge in [0.15, 0.2) is 5.65 Å². The normalized spacial score (nSPS) is 11.1. The first-order valence-corrected chi connectivity index (χ1v) is 5.26. The Morgan fingerprint density at radius 3 is 2.93 bits per heavy atom. The number of nitrogens with two attached hydrogens (primary N) is 1. The second kappa shape index (κ2) is 3.98. The van der Waals surface area contributed by atoms with E-state index >= 15 is 0 Å². The lowest BCUT2D eigenvalue weighted by molar-refractivity contribution is 0.779. The zero-order valence-corrected chi connectivity index (χ0v) is 9.20. The molecular formula is C11H16N4. The summed E-state index contributed by atoms with van der Waals surface area (Å²) in [5.74, 6) is 0. The van der Waals surface area contributed by atoms with Gasteiger partial charge in [0.1, 0.15) is 0 Å². The fourth-order valence-corrected chi connectivity index (χ4v) is 1.79. The average Bonchev–Trinajstić information content (AvgIpc) is 2.60. The molecule has 0 saturated heterocycles. The van der Waals surface area contributed by atoms with Crippen molar-refractivity contribution in [2.45, 2.75) is 26.3 Å². The van der Waals surface area contributed by atoms with Gasteiger partial charge < -0.3 is 5.73 Å².